The van der Waals surface area contributed by atoms with Gasteiger partial charge in [-0.3, -0.25) is 19.5 Å². The molecule has 48 heavy (non-hydrogen) atoms. The molecule has 0 saturated heterocycles. The van der Waals surface area contributed by atoms with Gasteiger partial charge in [0.05, 0.1) is 33.4 Å². The van der Waals surface area contributed by atoms with Crippen LogP contribution in [0, 0.1) is 10.1 Å². The number of benzene rings is 4. The highest BCUT2D eigenvalue weighted by Crippen LogP contribution is 2.40. The van der Waals surface area contributed by atoms with E-state index < -0.39 is 16.9 Å². The van der Waals surface area contributed by atoms with E-state index in [2.05, 4.69) is 0 Å². The van der Waals surface area contributed by atoms with E-state index in [1.165, 1.54) is 28.0 Å². The van der Waals surface area contributed by atoms with Crippen molar-refractivity contribution in [2.24, 2.45) is 4.99 Å². The van der Waals surface area contributed by atoms with Crippen molar-refractivity contribution in [2.45, 2.75) is 19.6 Å². The highest BCUT2D eigenvalue weighted by Gasteiger charge is 2.36. The van der Waals surface area contributed by atoms with Crippen molar-refractivity contribution >= 4 is 34.8 Å². The van der Waals surface area contributed by atoms with E-state index in [9.17, 15) is 19.7 Å². The Kier molecular flexibility index (Phi) is 8.30. The fourth-order valence-corrected chi connectivity index (χ4v) is 6.58. The van der Waals surface area contributed by atoms with Crippen LogP contribution < -0.4 is 29.1 Å². The van der Waals surface area contributed by atoms with Crippen LogP contribution in [0.25, 0.3) is 11.8 Å². The van der Waals surface area contributed by atoms with E-state index in [-0.39, 0.29) is 36.8 Å². The van der Waals surface area contributed by atoms with Crippen molar-refractivity contribution < 1.29 is 28.7 Å². The van der Waals surface area contributed by atoms with Gasteiger partial charge in [0.2, 0.25) is 6.79 Å². The standard InChI is InChI=1S/C36H27N3O8S/c1-2-44-35(41)31-32(23-8-4-3-5-9-23)37-36-38(33(31)25-14-17-28-29(18-25)47-21-46-28)34(40)30(48-36)19-24-10-6-7-11-27(24)45-20-22-12-15-26(16-13-22)39(42)43/h3-19,33H,2,20-21H2,1H3. The number of rotatable bonds is 9. The molecule has 12 heteroatoms. The molecule has 4 aromatic carbocycles. The summed E-state index contributed by atoms with van der Waals surface area (Å²) in [6.45, 7) is 2.10. The van der Waals surface area contributed by atoms with E-state index in [0.717, 1.165) is 5.56 Å². The predicted octanol–water partition coefficient (Wildman–Crippen LogP) is 5.15. The van der Waals surface area contributed by atoms with E-state index in [1.807, 2.05) is 54.6 Å². The average molecular weight is 662 g/mol. The second kappa shape index (κ2) is 13.0. The van der Waals surface area contributed by atoms with Gasteiger partial charge in [-0.2, -0.15) is 0 Å². The van der Waals surface area contributed by atoms with E-state index >= 15 is 0 Å². The van der Waals surface area contributed by atoms with Gasteiger partial charge in [0.1, 0.15) is 12.4 Å². The number of nitrogens with zero attached hydrogens (tertiary/aromatic N) is 3. The maximum absolute atomic E-state index is 14.3. The summed E-state index contributed by atoms with van der Waals surface area (Å²) >= 11 is 1.20. The van der Waals surface area contributed by atoms with Gasteiger partial charge in [-0.05, 0) is 54.5 Å². The Morgan fingerprint density at radius 1 is 1.02 bits per heavy atom. The maximum Gasteiger partial charge on any atom is 0.338 e. The van der Waals surface area contributed by atoms with Gasteiger partial charge in [0, 0.05) is 23.3 Å². The number of nitro benzene ring substituents is 1. The summed E-state index contributed by atoms with van der Waals surface area (Å²) in [6.07, 6.45) is 1.74. The van der Waals surface area contributed by atoms with Crippen LogP contribution in [-0.2, 0) is 16.1 Å². The molecule has 11 nitrogen and oxygen atoms in total. The third-order valence-corrected chi connectivity index (χ3v) is 8.82. The van der Waals surface area contributed by atoms with Crippen LogP contribution in [0.2, 0.25) is 0 Å². The lowest BCUT2D eigenvalue weighted by atomic mass is 9.93. The minimum atomic E-state index is -0.874. The fourth-order valence-electron chi connectivity index (χ4n) is 5.59. The Hall–Kier alpha value is -6.01. The quantitative estimate of drug-likeness (QED) is 0.120. The van der Waals surface area contributed by atoms with Crippen molar-refractivity contribution in [1.29, 1.82) is 0 Å². The number of non-ortho nitro benzene ring substituents is 1. The highest BCUT2D eigenvalue weighted by atomic mass is 32.1. The second-order valence-electron chi connectivity index (χ2n) is 10.8. The van der Waals surface area contributed by atoms with Gasteiger partial charge in [-0.1, -0.05) is 65.9 Å². The lowest BCUT2D eigenvalue weighted by Gasteiger charge is -2.26. The molecular formula is C36H27N3O8S. The number of esters is 1. The van der Waals surface area contributed by atoms with Crippen LogP contribution in [0.5, 0.6) is 17.2 Å². The number of fused-ring (bicyclic) bond motifs is 2. The number of para-hydroxylation sites is 1. The lowest BCUT2D eigenvalue weighted by Crippen LogP contribution is -2.40. The van der Waals surface area contributed by atoms with Crippen molar-refractivity contribution in [2.75, 3.05) is 13.4 Å². The molecule has 1 unspecified atom stereocenters. The monoisotopic (exact) mass is 661 g/mol. The number of ether oxygens (including phenoxy) is 4. The molecule has 5 aromatic rings. The zero-order chi connectivity index (χ0) is 33.2. The van der Waals surface area contributed by atoms with Crippen molar-refractivity contribution in [1.82, 2.24) is 4.57 Å². The Labute approximate surface area is 277 Å². The first-order chi connectivity index (χ1) is 23.4. The number of aromatic nitrogens is 1. The average Bonchev–Trinajstić information content (AvgIpc) is 3.71. The fraction of sp³-hybridized carbons (Fsp3) is 0.139. The lowest BCUT2D eigenvalue weighted by molar-refractivity contribution is -0.384. The molecular weight excluding hydrogens is 634 g/mol. The van der Waals surface area contributed by atoms with Crippen LogP contribution in [0.4, 0.5) is 5.69 Å². The molecule has 0 aliphatic carbocycles. The highest BCUT2D eigenvalue weighted by molar-refractivity contribution is 7.07. The summed E-state index contributed by atoms with van der Waals surface area (Å²) in [5, 5.41) is 11.0. The third kappa shape index (κ3) is 5.84. The molecule has 0 amide bonds. The summed E-state index contributed by atoms with van der Waals surface area (Å²) in [5.41, 5.74) is 3.02. The number of hydrogen-bond donors (Lipinski definition) is 0. The minimum Gasteiger partial charge on any atom is -0.488 e. The van der Waals surface area contributed by atoms with Crippen LogP contribution in [0.15, 0.2) is 112 Å². The van der Waals surface area contributed by atoms with Crippen molar-refractivity contribution in [3.8, 4) is 17.2 Å². The van der Waals surface area contributed by atoms with E-state index in [1.54, 1.807) is 43.3 Å². The van der Waals surface area contributed by atoms with Gasteiger partial charge >= 0.3 is 5.97 Å². The second-order valence-corrected chi connectivity index (χ2v) is 11.8. The number of carbonyl (C=O) groups is 1. The van der Waals surface area contributed by atoms with E-state index in [0.29, 0.717) is 49.0 Å². The van der Waals surface area contributed by atoms with Gasteiger partial charge in [-0.15, -0.1) is 0 Å². The van der Waals surface area contributed by atoms with Crippen LogP contribution in [0.1, 0.15) is 35.2 Å². The van der Waals surface area contributed by atoms with Gasteiger partial charge in [0.25, 0.3) is 11.2 Å². The number of nitro groups is 1. The molecule has 2 aliphatic rings. The minimum absolute atomic E-state index is 0.00453. The van der Waals surface area contributed by atoms with E-state index in [4.69, 9.17) is 23.9 Å². The normalized spacial score (nSPS) is 15.1. The molecule has 0 fully saturated rings. The maximum atomic E-state index is 14.3. The predicted molar refractivity (Wildman–Crippen MR) is 177 cm³/mol. The topological polar surface area (TPSA) is 131 Å². The van der Waals surface area contributed by atoms with Gasteiger partial charge < -0.3 is 18.9 Å². The first kappa shape index (κ1) is 30.6. The van der Waals surface area contributed by atoms with Crippen LogP contribution in [-0.4, -0.2) is 28.9 Å². The van der Waals surface area contributed by atoms with Gasteiger partial charge in [0.15, 0.2) is 16.3 Å². The molecule has 3 heterocycles. The summed E-state index contributed by atoms with van der Waals surface area (Å²) in [6, 6.07) is 27.2. The molecule has 0 spiro atoms. The number of hydrogen-bond acceptors (Lipinski definition) is 10. The summed E-state index contributed by atoms with van der Waals surface area (Å²) in [7, 11) is 0. The SMILES string of the molecule is CCOC(=O)C1=C(c2ccccc2)N=c2sc(=Cc3ccccc3OCc3ccc([N+](=O)[O-])cc3)c(=O)n2C1c1ccc2c(c1)OCO2. The first-order valence-corrected chi connectivity index (χ1v) is 15.9. The molecule has 0 radical (unpaired) electrons. The van der Waals surface area contributed by atoms with Crippen LogP contribution >= 0.6 is 11.3 Å². The molecule has 1 aromatic heterocycles. The summed E-state index contributed by atoms with van der Waals surface area (Å²) in [4.78, 5) is 44.0. The zero-order valence-electron chi connectivity index (χ0n) is 25.5. The zero-order valence-corrected chi connectivity index (χ0v) is 26.3. The third-order valence-electron chi connectivity index (χ3n) is 7.83. The molecule has 1 atom stereocenters. The van der Waals surface area contributed by atoms with Crippen LogP contribution in [0.3, 0.4) is 0 Å². The molecule has 0 N–H and O–H groups in total. The number of thiazole rings is 1. The molecule has 2 aliphatic heterocycles. The molecule has 7 rings (SSSR count). The molecule has 0 saturated carbocycles. The largest absolute Gasteiger partial charge is 0.488 e. The first-order valence-electron chi connectivity index (χ1n) is 15.0. The molecule has 240 valence electrons. The Morgan fingerprint density at radius 3 is 2.54 bits per heavy atom. The summed E-state index contributed by atoms with van der Waals surface area (Å²) < 4.78 is 24.7. The van der Waals surface area contributed by atoms with Crippen molar-refractivity contribution in [3.05, 3.63) is 155 Å². The Morgan fingerprint density at radius 2 is 1.77 bits per heavy atom. The van der Waals surface area contributed by atoms with Crippen molar-refractivity contribution in [3.63, 3.8) is 0 Å². The Balaban J connectivity index is 1.36. The smallest absolute Gasteiger partial charge is 0.338 e. The summed E-state index contributed by atoms with van der Waals surface area (Å²) in [5.74, 6) is 1.02. The molecule has 0 bridgehead atoms. The number of carbonyl (C=O) groups excluding carboxylic acids is 1. The van der Waals surface area contributed by atoms with Gasteiger partial charge in [-0.25, -0.2) is 9.79 Å². The Bertz CT molecular complexity index is 2260.